The average molecular weight is 396 g/mol. The molecule has 0 aliphatic carbocycles. The Morgan fingerprint density at radius 3 is 1.63 bits per heavy atom. The second kappa shape index (κ2) is 8.06. The van der Waals surface area contributed by atoms with E-state index in [1.54, 1.807) is 0 Å². The number of benzene rings is 3. The molecule has 1 aliphatic heterocycles. The van der Waals surface area contributed by atoms with E-state index in [1.807, 2.05) is 24.3 Å². The molecule has 0 radical (unpaired) electrons. The van der Waals surface area contributed by atoms with Gasteiger partial charge in [0.25, 0.3) is 0 Å². The van der Waals surface area contributed by atoms with E-state index in [2.05, 4.69) is 59.5 Å². The van der Waals surface area contributed by atoms with E-state index in [-0.39, 0.29) is 5.41 Å². The molecule has 0 N–H and O–H groups in total. The third-order valence-electron chi connectivity index (χ3n) is 5.75. The van der Waals surface area contributed by atoms with Crippen molar-refractivity contribution in [3.8, 4) is 0 Å². The lowest BCUT2D eigenvalue weighted by atomic mass is 9.68. The Morgan fingerprint density at radius 2 is 1.15 bits per heavy atom. The third-order valence-corrected chi connectivity index (χ3v) is 6.26. The van der Waals surface area contributed by atoms with Crippen molar-refractivity contribution in [1.29, 1.82) is 0 Å². The summed E-state index contributed by atoms with van der Waals surface area (Å²) in [5, 5.41) is 1.57. The number of nitrogens with zero attached hydrogens (tertiary/aromatic N) is 1. The van der Waals surface area contributed by atoms with Gasteiger partial charge in [-0.1, -0.05) is 77.8 Å². The van der Waals surface area contributed by atoms with Crippen molar-refractivity contribution < 1.29 is 0 Å². The van der Waals surface area contributed by atoms with Gasteiger partial charge in [0.15, 0.2) is 0 Å². The minimum Gasteiger partial charge on any atom is -0.299 e. The molecule has 3 aromatic carbocycles. The Balaban J connectivity index is 1.60. The fraction of sp³-hybridized carbons (Fsp3) is 0.250. The van der Waals surface area contributed by atoms with Crippen LogP contribution in [-0.4, -0.2) is 18.0 Å². The van der Waals surface area contributed by atoms with Crippen LogP contribution in [0.25, 0.3) is 0 Å². The third kappa shape index (κ3) is 4.06. The SMILES string of the molecule is Clc1ccc(C2(c3ccc(Cl)cc3)CCN(Cc3ccccc3)CC2)cc1. The van der Waals surface area contributed by atoms with E-state index < -0.39 is 0 Å². The van der Waals surface area contributed by atoms with Crippen molar-refractivity contribution in [3.05, 3.63) is 106 Å². The molecule has 27 heavy (non-hydrogen) atoms. The van der Waals surface area contributed by atoms with Crippen LogP contribution in [0.5, 0.6) is 0 Å². The Bertz CT molecular complexity index is 817. The molecule has 1 nitrogen and oxygen atoms in total. The van der Waals surface area contributed by atoms with Crippen molar-refractivity contribution in [3.63, 3.8) is 0 Å². The summed E-state index contributed by atoms with van der Waals surface area (Å²) in [4.78, 5) is 2.55. The lowest BCUT2D eigenvalue weighted by molar-refractivity contribution is 0.172. The van der Waals surface area contributed by atoms with E-state index in [4.69, 9.17) is 23.2 Å². The molecule has 0 bridgehead atoms. The molecule has 1 aliphatic rings. The van der Waals surface area contributed by atoms with Gasteiger partial charge in [0, 0.05) is 22.0 Å². The number of hydrogen-bond donors (Lipinski definition) is 0. The van der Waals surface area contributed by atoms with Crippen molar-refractivity contribution >= 4 is 23.2 Å². The monoisotopic (exact) mass is 395 g/mol. The Morgan fingerprint density at radius 1 is 0.667 bits per heavy atom. The van der Waals surface area contributed by atoms with Gasteiger partial charge in [0.05, 0.1) is 0 Å². The molecule has 1 heterocycles. The van der Waals surface area contributed by atoms with E-state index in [0.717, 1.165) is 42.5 Å². The fourth-order valence-electron chi connectivity index (χ4n) is 4.22. The van der Waals surface area contributed by atoms with Gasteiger partial charge >= 0.3 is 0 Å². The zero-order chi connectivity index (χ0) is 18.7. The van der Waals surface area contributed by atoms with E-state index >= 15 is 0 Å². The maximum absolute atomic E-state index is 6.15. The lowest BCUT2D eigenvalue weighted by Gasteiger charge is -2.43. The van der Waals surface area contributed by atoms with Gasteiger partial charge in [-0.3, -0.25) is 4.90 Å². The van der Waals surface area contributed by atoms with Crippen molar-refractivity contribution in [2.24, 2.45) is 0 Å². The van der Waals surface area contributed by atoms with E-state index in [9.17, 15) is 0 Å². The first-order valence-corrected chi connectivity index (χ1v) is 10.2. The van der Waals surface area contributed by atoms with Crippen LogP contribution in [0.2, 0.25) is 10.0 Å². The molecule has 4 rings (SSSR count). The van der Waals surface area contributed by atoms with Crippen molar-refractivity contribution in [2.45, 2.75) is 24.8 Å². The predicted octanol–water partition coefficient (Wildman–Crippen LogP) is 6.58. The molecule has 3 aromatic rings. The highest BCUT2D eigenvalue weighted by Gasteiger charge is 2.37. The summed E-state index contributed by atoms with van der Waals surface area (Å²) in [6, 6.07) is 27.5. The topological polar surface area (TPSA) is 3.24 Å². The first-order valence-electron chi connectivity index (χ1n) is 9.44. The van der Waals surface area contributed by atoms with Gasteiger partial charge in [0.2, 0.25) is 0 Å². The number of rotatable bonds is 4. The molecule has 0 unspecified atom stereocenters. The van der Waals surface area contributed by atoms with Crippen molar-refractivity contribution in [2.75, 3.05) is 13.1 Å². The largest absolute Gasteiger partial charge is 0.299 e. The molecule has 0 amide bonds. The van der Waals surface area contributed by atoms with Crippen molar-refractivity contribution in [1.82, 2.24) is 4.90 Å². The summed E-state index contributed by atoms with van der Waals surface area (Å²) in [6.45, 7) is 3.15. The van der Waals surface area contributed by atoms with Gasteiger partial charge in [-0.2, -0.15) is 0 Å². The standard InChI is InChI=1S/C24H23Cl2N/c25-22-10-6-20(7-11-22)24(21-8-12-23(26)13-9-21)14-16-27(17-15-24)18-19-4-2-1-3-5-19/h1-13H,14-18H2. The van der Waals surface area contributed by atoms with Crippen LogP contribution in [-0.2, 0) is 12.0 Å². The summed E-state index contributed by atoms with van der Waals surface area (Å²) in [5.41, 5.74) is 4.08. The normalized spacial score (nSPS) is 17.0. The summed E-state index contributed by atoms with van der Waals surface area (Å²) in [7, 11) is 0. The maximum Gasteiger partial charge on any atom is 0.0406 e. The molecule has 0 aromatic heterocycles. The van der Waals surface area contributed by atoms with Gasteiger partial charge in [-0.25, -0.2) is 0 Å². The molecule has 0 saturated carbocycles. The van der Waals surface area contributed by atoms with Crippen LogP contribution < -0.4 is 0 Å². The minimum atomic E-state index is 0.0162. The van der Waals surface area contributed by atoms with Gasteiger partial charge < -0.3 is 0 Å². The zero-order valence-corrected chi connectivity index (χ0v) is 16.8. The highest BCUT2D eigenvalue weighted by molar-refractivity contribution is 6.30. The van der Waals surface area contributed by atoms with Gasteiger partial charge in [-0.15, -0.1) is 0 Å². The molecule has 3 heteroatoms. The highest BCUT2D eigenvalue weighted by atomic mass is 35.5. The molecule has 1 saturated heterocycles. The minimum absolute atomic E-state index is 0.0162. The van der Waals surface area contributed by atoms with Crippen LogP contribution >= 0.6 is 23.2 Å². The smallest absolute Gasteiger partial charge is 0.0406 e. The molecular weight excluding hydrogens is 373 g/mol. The molecule has 1 fully saturated rings. The first-order chi connectivity index (χ1) is 13.2. The number of likely N-dealkylation sites (tertiary alicyclic amines) is 1. The summed E-state index contributed by atoms with van der Waals surface area (Å²) >= 11 is 12.3. The zero-order valence-electron chi connectivity index (χ0n) is 15.2. The second-order valence-corrected chi connectivity index (χ2v) is 8.23. The molecule has 0 atom stereocenters. The first kappa shape index (κ1) is 18.6. The van der Waals surface area contributed by atoms with Crippen LogP contribution in [0.15, 0.2) is 78.9 Å². The molecule has 0 spiro atoms. The van der Waals surface area contributed by atoms with Crippen LogP contribution in [0.4, 0.5) is 0 Å². The number of hydrogen-bond acceptors (Lipinski definition) is 1. The quantitative estimate of drug-likeness (QED) is 0.482. The van der Waals surface area contributed by atoms with E-state index in [0.29, 0.717) is 0 Å². The predicted molar refractivity (Wildman–Crippen MR) is 115 cm³/mol. The summed E-state index contributed by atoms with van der Waals surface area (Å²) in [6.07, 6.45) is 2.17. The maximum atomic E-state index is 6.15. The van der Waals surface area contributed by atoms with Crippen LogP contribution in [0, 0.1) is 0 Å². The Kier molecular flexibility index (Phi) is 5.54. The lowest BCUT2D eigenvalue weighted by Crippen LogP contribution is -2.43. The number of halogens is 2. The Labute approximate surface area is 171 Å². The highest BCUT2D eigenvalue weighted by Crippen LogP contribution is 2.42. The van der Waals surface area contributed by atoms with Crippen LogP contribution in [0.3, 0.4) is 0 Å². The van der Waals surface area contributed by atoms with Crippen LogP contribution in [0.1, 0.15) is 29.5 Å². The number of piperidine rings is 1. The average Bonchev–Trinajstić information content (AvgIpc) is 2.71. The van der Waals surface area contributed by atoms with E-state index in [1.165, 1.54) is 16.7 Å². The van der Waals surface area contributed by atoms with Gasteiger partial charge in [-0.05, 0) is 66.9 Å². The van der Waals surface area contributed by atoms with Gasteiger partial charge in [0.1, 0.15) is 0 Å². The molecule has 138 valence electrons. The Hall–Kier alpha value is -1.80. The summed E-state index contributed by atoms with van der Waals surface area (Å²) in [5.74, 6) is 0. The molecular formula is C24H23Cl2N. The fourth-order valence-corrected chi connectivity index (χ4v) is 4.47. The summed E-state index contributed by atoms with van der Waals surface area (Å²) < 4.78 is 0. The second-order valence-electron chi connectivity index (χ2n) is 7.36.